The summed E-state index contributed by atoms with van der Waals surface area (Å²) >= 11 is 6.03. The van der Waals surface area contributed by atoms with Crippen molar-refractivity contribution >= 4 is 29.1 Å². The Kier molecular flexibility index (Phi) is 4.62. The zero-order chi connectivity index (χ0) is 14.7. The first-order chi connectivity index (χ1) is 9.52. The van der Waals surface area contributed by atoms with Gasteiger partial charge in [-0.3, -0.25) is 9.59 Å². The smallest absolute Gasteiger partial charge is 0.248 e. The summed E-state index contributed by atoms with van der Waals surface area (Å²) in [6, 6.07) is 4.57. The van der Waals surface area contributed by atoms with Gasteiger partial charge in [-0.15, -0.1) is 0 Å². The Morgan fingerprint density at radius 1 is 1.35 bits per heavy atom. The second kappa shape index (κ2) is 6.24. The van der Waals surface area contributed by atoms with Crippen molar-refractivity contribution in [3.05, 3.63) is 28.8 Å². The Morgan fingerprint density at radius 3 is 2.75 bits per heavy atom. The topological polar surface area (TPSA) is 98.2 Å². The van der Waals surface area contributed by atoms with Crippen molar-refractivity contribution in [3.8, 4) is 0 Å². The number of amides is 2. The highest BCUT2D eigenvalue weighted by molar-refractivity contribution is 6.33. The highest BCUT2D eigenvalue weighted by Gasteiger charge is 2.32. The minimum absolute atomic E-state index is 0.0895. The van der Waals surface area contributed by atoms with Gasteiger partial charge in [0.1, 0.15) is 0 Å². The molecular formula is C14H18ClN3O2. The summed E-state index contributed by atoms with van der Waals surface area (Å²) < 4.78 is 0. The van der Waals surface area contributed by atoms with E-state index in [-0.39, 0.29) is 17.7 Å². The quantitative estimate of drug-likeness (QED) is 0.789. The summed E-state index contributed by atoms with van der Waals surface area (Å²) in [6.45, 7) is 0.507. The van der Waals surface area contributed by atoms with Crippen molar-refractivity contribution in [1.29, 1.82) is 0 Å². The van der Waals surface area contributed by atoms with E-state index in [2.05, 4.69) is 5.32 Å². The van der Waals surface area contributed by atoms with Gasteiger partial charge in [-0.1, -0.05) is 18.0 Å². The predicted octanol–water partition coefficient (Wildman–Crippen LogP) is 1.75. The van der Waals surface area contributed by atoms with Gasteiger partial charge in [-0.05, 0) is 43.5 Å². The van der Waals surface area contributed by atoms with Gasteiger partial charge in [-0.25, -0.2) is 0 Å². The highest BCUT2D eigenvalue weighted by atomic mass is 35.5. The van der Waals surface area contributed by atoms with Crippen molar-refractivity contribution in [2.24, 2.45) is 23.3 Å². The van der Waals surface area contributed by atoms with Gasteiger partial charge < -0.3 is 16.8 Å². The highest BCUT2D eigenvalue weighted by Crippen LogP contribution is 2.32. The lowest BCUT2D eigenvalue weighted by Gasteiger charge is -2.18. The van der Waals surface area contributed by atoms with Crippen LogP contribution in [0.3, 0.4) is 0 Å². The van der Waals surface area contributed by atoms with Crippen LogP contribution in [0.4, 0.5) is 5.69 Å². The molecule has 0 heterocycles. The number of hydrogen-bond donors (Lipinski definition) is 3. The number of primary amides is 1. The fourth-order valence-electron chi connectivity index (χ4n) is 2.66. The van der Waals surface area contributed by atoms with Gasteiger partial charge in [-0.2, -0.15) is 0 Å². The van der Waals surface area contributed by atoms with Crippen molar-refractivity contribution < 1.29 is 9.59 Å². The number of halogens is 1. The Bertz CT molecular complexity index is 533. The van der Waals surface area contributed by atoms with Crippen molar-refractivity contribution in [2.75, 3.05) is 11.9 Å². The molecule has 6 heteroatoms. The maximum Gasteiger partial charge on any atom is 0.248 e. The van der Waals surface area contributed by atoms with Crippen molar-refractivity contribution in [2.45, 2.75) is 19.3 Å². The zero-order valence-corrected chi connectivity index (χ0v) is 11.8. The number of rotatable bonds is 4. The molecule has 2 amide bonds. The molecule has 0 bridgehead atoms. The molecule has 1 aromatic rings. The monoisotopic (exact) mass is 295 g/mol. The van der Waals surface area contributed by atoms with E-state index in [0.29, 0.717) is 22.8 Å². The molecule has 0 spiro atoms. The summed E-state index contributed by atoms with van der Waals surface area (Å²) in [6.07, 6.45) is 2.82. The lowest BCUT2D eigenvalue weighted by Crippen LogP contribution is -2.30. The van der Waals surface area contributed by atoms with E-state index in [0.717, 1.165) is 19.3 Å². The molecule has 2 rings (SSSR count). The number of carbonyl (C=O) groups is 2. The largest absolute Gasteiger partial charge is 0.366 e. The van der Waals surface area contributed by atoms with Crippen molar-refractivity contribution in [3.63, 3.8) is 0 Å². The lowest BCUT2D eigenvalue weighted by molar-refractivity contribution is -0.120. The number of carbonyl (C=O) groups excluding carboxylic acids is 2. The molecule has 20 heavy (non-hydrogen) atoms. The molecule has 2 atom stereocenters. The molecule has 0 aromatic heterocycles. The third-order valence-corrected chi connectivity index (χ3v) is 4.14. The Morgan fingerprint density at radius 2 is 2.10 bits per heavy atom. The first-order valence-electron chi connectivity index (χ1n) is 6.63. The first kappa shape index (κ1) is 14.8. The van der Waals surface area contributed by atoms with Gasteiger partial charge in [0.2, 0.25) is 11.8 Å². The van der Waals surface area contributed by atoms with Crippen LogP contribution in [0, 0.1) is 11.8 Å². The fourth-order valence-corrected chi connectivity index (χ4v) is 2.83. The minimum Gasteiger partial charge on any atom is -0.366 e. The SMILES string of the molecule is NCC1CCCC1C(=O)Nc1cc(C(N)=O)ccc1Cl. The van der Waals surface area contributed by atoms with E-state index in [1.54, 1.807) is 6.07 Å². The van der Waals surface area contributed by atoms with Crippen LogP contribution in [0.2, 0.25) is 5.02 Å². The third kappa shape index (κ3) is 3.11. The molecular weight excluding hydrogens is 278 g/mol. The number of benzene rings is 1. The number of nitrogens with two attached hydrogens (primary N) is 2. The Balaban J connectivity index is 2.15. The zero-order valence-electron chi connectivity index (χ0n) is 11.1. The average Bonchev–Trinajstić information content (AvgIpc) is 2.89. The van der Waals surface area contributed by atoms with E-state index in [1.807, 2.05) is 0 Å². The molecule has 1 aliphatic carbocycles. The van der Waals surface area contributed by atoms with Crippen LogP contribution in [0.25, 0.3) is 0 Å². The number of hydrogen-bond acceptors (Lipinski definition) is 3. The second-order valence-corrected chi connectivity index (χ2v) is 5.49. The van der Waals surface area contributed by atoms with Gasteiger partial charge in [0.15, 0.2) is 0 Å². The number of anilines is 1. The predicted molar refractivity (Wildman–Crippen MR) is 78.5 cm³/mol. The minimum atomic E-state index is -0.558. The standard InChI is InChI=1S/C14H18ClN3O2/c15-11-5-4-8(13(17)19)6-12(11)18-14(20)10-3-1-2-9(10)7-16/h4-6,9-10H,1-3,7,16H2,(H2,17,19)(H,18,20). The summed E-state index contributed by atoms with van der Waals surface area (Å²) in [5.41, 5.74) is 11.6. The second-order valence-electron chi connectivity index (χ2n) is 5.08. The molecule has 0 radical (unpaired) electrons. The summed E-state index contributed by atoms with van der Waals surface area (Å²) in [5.74, 6) is -0.527. The molecule has 0 saturated heterocycles. The van der Waals surface area contributed by atoms with Gasteiger partial charge in [0.25, 0.3) is 0 Å². The molecule has 0 aliphatic heterocycles. The maximum atomic E-state index is 12.3. The van der Waals surface area contributed by atoms with Crippen LogP contribution in [-0.2, 0) is 4.79 Å². The van der Waals surface area contributed by atoms with Crippen LogP contribution in [0.15, 0.2) is 18.2 Å². The molecule has 1 aromatic carbocycles. The number of nitrogens with one attached hydrogen (secondary N) is 1. The summed E-state index contributed by atoms with van der Waals surface area (Å²) in [5, 5.41) is 3.16. The molecule has 2 unspecified atom stereocenters. The van der Waals surface area contributed by atoms with Crippen LogP contribution < -0.4 is 16.8 Å². The van der Waals surface area contributed by atoms with E-state index >= 15 is 0 Å². The molecule has 1 aliphatic rings. The molecule has 5 N–H and O–H groups in total. The molecule has 1 fully saturated rings. The summed E-state index contributed by atoms with van der Waals surface area (Å²) in [4.78, 5) is 23.4. The molecule has 1 saturated carbocycles. The normalized spacial score (nSPS) is 21.7. The van der Waals surface area contributed by atoms with E-state index in [1.165, 1.54) is 12.1 Å². The van der Waals surface area contributed by atoms with E-state index < -0.39 is 5.91 Å². The Labute approximate surface area is 122 Å². The maximum absolute atomic E-state index is 12.3. The van der Waals surface area contributed by atoms with Gasteiger partial charge in [0, 0.05) is 11.5 Å². The Hall–Kier alpha value is -1.59. The van der Waals surface area contributed by atoms with Gasteiger partial charge in [0.05, 0.1) is 10.7 Å². The van der Waals surface area contributed by atoms with Crippen LogP contribution >= 0.6 is 11.6 Å². The first-order valence-corrected chi connectivity index (χ1v) is 7.01. The van der Waals surface area contributed by atoms with Crippen LogP contribution in [-0.4, -0.2) is 18.4 Å². The van der Waals surface area contributed by atoms with E-state index in [4.69, 9.17) is 23.1 Å². The average molecular weight is 296 g/mol. The summed E-state index contributed by atoms with van der Waals surface area (Å²) in [7, 11) is 0. The lowest BCUT2D eigenvalue weighted by atomic mass is 9.95. The van der Waals surface area contributed by atoms with E-state index in [9.17, 15) is 9.59 Å². The molecule has 108 valence electrons. The van der Waals surface area contributed by atoms with Crippen LogP contribution in [0.5, 0.6) is 0 Å². The molecule has 5 nitrogen and oxygen atoms in total. The van der Waals surface area contributed by atoms with Gasteiger partial charge >= 0.3 is 0 Å². The fraction of sp³-hybridized carbons (Fsp3) is 0.429. The van der Waals surface area contributed by atoms with Crippen LogP contribution in [0.1, 0.15) is 29.6 Å². The van der Waals surface area contributed by atoms with Crippen molar-refractivity contribution in [1.82, 2.24) is 0 Å². The third-order valence-electron chi connectivity index (χ3n) is 3.81.